The van der Waals surface area contributed by atoms with Gasteiger partial charge in [-0.3, -0.25) is 4.57 Å². The van der Waals surface area contributed by atoms with E-state index in [2.05, 4.69) is 25.5 Å². The number of fused-ring (bicyclic) bond motifs is 1. The van der Waals surface area contributed by atoms with Gasteiger partial charge in [0.15, 0.2) is 17.0 Å². The molecule has 3 heterocycles. The quantitative estimate of drug-likeness (QED) is 0.239. The molecule has 1 fully saturated rings. The Morgan fingerprint density at radius 2 is 1.68 bits per heavy atom. The first-order valence-electron chi connectivity index (χ1n) is 13.2. The third kappa shape index (κ3) is 5.82. The molecule has 0 radical (unpaired) electrons. The van der Waals surface area contributed by atoms with E-state index in [1.165, 1.54) is 12.1 Å². The van der Waals surface area contributed by atoms with Gasteiger partial charge in [0, 0.05) is 41.9 Å². The molecule has 5 aromatic rings. The summed E-state index contributed by atoms with van der Waals surface area (Å²) in [6, 6.07) is 20.9. The van der Waals surface area contributed by atoms with Crippen LogP contribution in [0, 0.1) is 5.82 Å². The molecule has 0 atom stereocenters. The van der Waals surface area contributed by atoms with Gasteiger partial charge in [-0.15, -0.1) is 0 Å². The second-order valence-electron chi connectivity index (χ2n) is 9.81. The molecule has 0 saturated carbocycles. The monoisotopic (exact) mass is 589 g/mol. The Morgan fingerprint density at radius 3 is 2.41 bits per heavy atom. The highest BCUT2D eigenvalue weighted by atomic mass is 35.5. The second-order valence-corrected chi connectivity index (χ2v) is 10.7. The predicted molar refractivity (Wildman–Crippen MR) is 159 cm³/mol. The summed E-state index contributed by atoms with van der Waals surface area (Å²) in [5.74, 6) is 1.09. The Hall–Kier alpha value is -4.21. The molecular formula is C30H26Cl2FN7O. The fraction of sp³-hybridized carbons (Fsp3) is 0.200. The number of hydrogen-bond acceptors (Lipinski definition) is 5. The molecule has 2 N–H and O–H groups in total. The summed E-state index contributed by atoms with van der Waals surface area (Å²) < 4.78 is 15.1. The average molecular weight is 590 g/mol. The molecule has 208 valence electrons. The number of urea groups is 1. The van der Waals surface area contributed by atoms with Crippen LogP contribution in [0.5, 0.6) is 0 Å². The molecule has 1 saturated heterocycles. The minimum absolute atomic E-state index is 0.0158. The van der Waals surface area contributed by atoms with Crippen molar-refractivity contribution in [2.24, 2.45) is 0 Å². The maximum Gasteiger partial charge on any atom is 0.315 e. The van der Waals surface area contributed by atoms with Crippen LogP contribution < -0.4 is 15.5 Å². The van der Waals surface area contributed by atoms with E-state index < -0.39 is 0 Å². The van der Waals surface area contributed by atoms with Gasteiger partial charge in [-0.05, 0) is 66.9 Å². The Kier molecular flexibility index (Phi) is 7.71. The van der Waals surface area contributed by atoms with Crippen molar-refractivity contribution in [1.29, 1.82) is 0 Å². The lowest BCUT2D eigenvalue weighted by molar-refractivity contribution is 0.234. The van der Waals surface area contributed by atoms with E-state index in [4.69, 9.17) is 28.2 Å². The first-order valence-corrected chi connectivity index (χ1v) is 14.0. The number of nitrogens with zero attached hydrogens (tertiary/aromatic N) is 5. The normalized spacial score (nSPS) is 13.9. The van der Waals surface area contributed by atoms with Crippen LogP contribution in [0.3, 0.4) is 0 Å². The number of amides is 2. The molecule has 0 unspecified atom stereocenters. The number of rotatable bonds is 6. The molecular weight excluding hydrogens is 564 g/mol. The molecule has 2 aromatic heterocycles. The predicted octanol–water partition coefficient (Wildman–Crippen LogP) is 6.40. The first kappa shape index (κ1) is 27.0. The summed E-state index contributed by atoms with van der Waals surface area (Å²) in [4.78, 5) is 28.9. The lowest BCUT2D eigenvalue weighted by Crippen LogP contribution is -2.48. The maximum atomic E-state index is 13.1. The van der Waals surface area contributed by atoms with Crippen LogP contribution in [-0.2, 0) is 6.54 Å². The van der Waals surface area contributed by atoms with E-state index in [1.807, 2.05) is 53.1 Å². The Labute approximate surface area is 246 Å². The number of halogens is 3. The zero-order valence-electron chi connectivity index (χ0n) is 21.9. The largest absolute Gasteiger partial charge is 0.355 e. The highest BCUT2D eigenvalue weighted by Crippen LogP contribution is 2.35. The van der Waals surface area contributed by atoms with Gasteiger partial charge in [-0.1, -0.05) is 47.5 Å². The lowest BCUT2D eigenvalue weighted by atomic mass is 10.1. The third-order valence-electron chi connectivity index (χ3n) is 7.12. The summed E-state index contributed by atoms with van der Waals surface area (Å²) in [5, 5.41) is 7.10. The zero-order valence-corrected chi connectivity index (χ0v) is 23.4. The Bertz CT molecular complexity index is 1680. The van der Waals surface area contributed by atoms with Gasteiger partial charge in [0.2, 0.25) is 0 Å². The topological polar surface area (TPSA) is 88.0 Å². The zero-order chi connectivity index (χ0) is 28.3. The number of benzene rings is 3. The van der Waals surface area contributed by atoms with Crippen LogP contribution in [-0.4, -0.2) is 44.7 Å². The maximum absolute atomic E-state index is 13.1. The molecule has 41 heavy (non-hydrogen) atoms. The molecule has 11 heteroatoms. The van der Waals surface area contributed by atoms with Gasteiger partial charge in [0.25, 0.3) is 0 Å². The van der Waals surface area contributed by atoms with Crippen molar-refractivity contribution in [3.63, 3.8) is 0 Å². The number of piperidine rings is 1. The number of imidazole rings is 1. The summed E-state index contributed by atoms with van der Waals surface area (Å²) in [6.07, 6.45) is 3.03. The number of aromatic nitrogens is 4. The molecule has 0 spiro atoms. The summed E-state index contributed by atoms with van der Waals surface area (Å²) in [5.41, 5.74) is 3.79. The molecule has 1 aliphatic rings. The van der Waals surface area contributed by atoms with Crippen molar-refractivity contribution in [2.45, 2.75) is 25.4 Å². The summed E-state index contributed by atoms with van der Waals surface area (Å²) >= 11 is 12.8. The standard InChI is InChI=1S/C30H26Cl2FN7O/c31-20-7-11-23(12-8-20)40-27(24-3-1-2-4-25(24)32)38-26-28(35-18-36-29(26)40)39-15-13-22(14-16-39)37-30(41)34-17-19-5-9-21(33)10-6-19/h1-12,18,22H,13-17H2,(H2,34,37,41). The van der Waals surface area contributed by atoms with E-state index >= 15 is 0 Å². The van der Waals surface area contributed by atoms with Crippen molar-refractivity contribution in [3.8, 4) is 17.1 Å². The minimum Gasteiger partial charge on any atom is -0.355 e. The van der Waals surface area contributed by atoms with E-state index in [-0.39, 0.29) is 17.9 Å². The molecule has 1 aliphatic heterocycles. The number of carbonyl (C=O) groups is 1. The van der Waals surface area contributed by atoms with Crippen molar-refractivity contribution >= 4 is 46.2 Å². The number of anilines is 1. The van der Waals surface area contributed by atoms with Crippen LogP contribution in [0.2, 0.25) is 10.0 Å². The Morgan fingerprint density at radius 1 is 0.951 bits per heavy atom. The van der Waals surface area contributed by atoms with Gasteiger partial charge >= 0.3 is 6.03 Å². The van der Waals surface area contributed by atoms with Gasteiger partial charge in [-0.2, -0.15) is 0 Å². The van der Waals surface area contributed by atoms with E-state index in [0.717, 1.165) is 35.5 Å². The van der Waals surface area contributed by atoms with Crippen LogP contribution in [0.15, 0.2) is 79.1 Å². The molecule has 0 aliphatic carbocycles. The van der Waals surface area contributed by atoms with E-state index in [1.54, 1.807) is 18.5 Å². The fourth-order valence-electron chi connectivity index (χ4n) is 5.03. The van der Waals surface area contributed by atoms with Crippen molar-refractivity contribution in [3.05, 3.63) is 101 Å². The summed E-state index contributed by atoms with van der Waals surface area (Å²) in [7, 11) is 0. The van der Waals surface area contributed by atoms with Gasteiger partial charge < -0.3 is 15.5 Å². The van der Waals surface area contributed by atoms with Crippen LogP contribution >= 0.6 is 23.2 Å². The lowest BCUT2D eigenvalue weighted by Gasteiger charge is -2.33. The fourth-order valence-corrected chi connectivity index (χ4v) is 5.37. The molecule has 0 bridgehead atoms. The smallest absolute Gasteiger partial charge is 0.315 e. The molecule has 6 rings (SSSR count). The van der Waals surface area contributed by atoms with Crippen molar-refractivity contribution in [1.82, 2.24) is 30.2 Å². The van der Waals surface area contributed by atoms with Crippen molar-refractivity contribution in [2.75, 3.05) is 18.0 Å². The highest BCUT2D eigenvalue weighted by molar-refractivity contribution is 6.33. The number of hydrogen-bond donors (Lipinski definition) is 2. The number of nitrogens with one attached hydrogen (secondary N) is 2. The van der Waals surface area contributed by atoms with E-state index in [0.29, 0.717) is 46.7 Å². The Balaban J connectivity index is 1.22. The first-order chi connectivity index (χ1) is 20.0. The minimum atomic E-state index is -0.303. The molecule has 2 amide bonds. The van der Waals surface area contributed by atoms with E-state index in [9.17, 15) is 9.18 Å². The second kappa shape index (κ2) is 11.7. The van der Waals surface area contributed by atoms with Gasteiger partial charge in [0.1, 0.15) is 18.0 Å². The summed E-state index contributed by atoms with van der Waals surface area (Å²) in [6.45, 7) is 1.70. The molecule has 3 aromatic carbocycles. The van der Waals surface area contributed by atoms with Gasteiger partial charge in [0.05, 0.1) is 5.02 Å². The van der Waals surface area contributed by atoms with Crippen LogP contribution in [0.25, 0.3) is 28.2 Å². The number of carbonyl (C=O) groups excluding carboxylic acids is 1. The third-order valence-corrected chi connectivity index (χ3v) is 7.70. The van der Waals surface area contributed by atoms with Crippen LogP contribution in [0.4, 0.5) is 15.0 Å². The average Bonchev–Trinajstić information content (AvgIpc) is 3.37. The van der Waals surface area contributed by atoms with Crippen molar-refractivity contribution < 1.29 is 9.18 Å². The SMILES string of the molecule is O=C(NCc1ccc(F)cc1)NC1CCN(c2ncnc3c2nc(-c2ccccc2Cl)n3-c2ccc(Cl)cc2)CC1. The molecule has 8 nitrogen and oxygen atoms in total. The van der Waals surface area contributed by atoms with Gasteiger partial charge in [-0.25, -0.2) is 24.1 Å². The highest BCUT2D eigenvalue weighted by Gasteiger charge is 2.26. The van der Waals surface area contributed by atoms with Crippen LogP contribution in [0.1, 0.15) is 18.4 Å².